The molecule has 0 aromatic heterocycles. The first-order chi connectivity index (χ1) is 14.2. The van der Waals surface area contributed by atoms with Crippen LogP contribution in [0.2, 0.25) is 0 Å². The molecule has 0 aliphatic heterocycles. The number of rotatable bonds is 6. The van der Waals surface area contributed by atoms with Crippen molar-refractivity contribution in [3.63, 3.8) is 0 Å². The Hall–Kier alpha value is -2.03. The van der Waals surface area contributed by atoms with Gasteiger partial charge in [-0.3, -0.25) is 4.79 Å². The Morgan fingerprint density at radius 3 is 2.70 bits per heavy atom. The lowest BCUT2D eigenvalue weighted by Gasteiger charge is -2.57. The highest BCUT2D eigenvalue weighted by Gasteiger charge is 2.85. The van der Waals surface area contributed by atoms with Gasteiger partial charge in [-0.2, -0.15) is 5.26 Å². The third kappa shape index (κ3) is 2.30. The van der Waals surface area contributed by atoms with Crippen LogP contribution in [0.15, 0.2) is 11.6 Å². The van der Waals surface area contributed by atoms with Crippen molar-refractivity contribution in [3.8, 4) is 6.07 Å². The maximum atomic E-state index is 13.2. The largest absolute Gasteiger partial charge is 0.481 e. The topological polar surface area (TPSA) is 99.4 Å². The zero-order valence-corrected chi connectivity index (χ0v) is 18.5. The van der Waals surface area contributed by atoms with Gasteiger partial charge in [-0.05, 0) is 55.3 Å². The molecule has 0 radical (unpaired) electrons. The quantitative estimate of drug-likeness (QED) is 0.629. The lowest BCUT2D eigenvalue weighted by Crippen LogP contribution is -2.62. The van der Waals surface area contributed by atoms with Gasteiger partial charge < -0.3 is 15.2 Å². The number of fused-ring (bicyclic) bond motifs is 2. The molecule has 30 heavy (non-hydrogen) atoms. The van der Waals surface area contributed by atoms with Crippen LogP contribution < -0.4 is 5.32 Å². The van der Waals surface area contributed by atoms with E-state index in [0.717, 1.165) is 24.8 Å². The Morgan fingerprint density at radius 2 is 2.10 bits per heavy atom. The molecule has 0 aromatic rings. The molecule has 7 atom stereocenters. The fourth-order valence-electron chi connectivity index (χ4n) is 8.01. The number of ether oxygens (including phenoxy) is 1. The van der Waals surface area contributed by atoms with Gasteiger partial charge in [-0.15, -0.1) is 0 Å². The van der Waals surface area contributed by atoms with Crippen molar-refractivity contribution in [3.05, 3.63) is 11.6 Å². The molecule has 0 saturated heterocycles. The van der Waals surface area contributed by atoms with E-state index >= 15 is 0 Å². The van der Waals surface area contributed by atoms with Crippen molar-refractivity contribution in [2.45, 2.75) is 59.8 Å². The number of hydrogen-bond acceptors (Lipinski definition) is 4. The summed E-state index contributed by atoms with van der Waals surface area (Å²) in [6, 6.07) is 2.61. The number of alkyl carbamates (subject to hydrolysis) is 1. The van der Waals surface area contributed by atoms with Crippen LogP contribution in [0.5, 0.6) is 0 Å². The smallest absolute Gasteiger partial charge is 0.407 e. The molecule has 0 heterocycles. The lowest BCUT2D eigenvalue weighted by molar-refractivity contribution is -0.176. The number of carbonyl (C=O) groups is 2. The first-order valence-corrected chi connectivity index (χ1v) is 11.5. The minimum atomic E-state index is -1.27. The monoisotopic (exact) mass is 414 g/mol. The van der Waals surface area contributed by atoms with E-state index in [1.54, 1.807) is 0 Å². The van der Waals surface area contributed by atoms with Crippen LogP contribution in [0, 0.1) is 57.2 Å². The molecular weight excluding hydrogens is 380 g/mol. The van der Waals surface area contributed by atoms with Crippen LogP contribution in [-0.4, -0.2) is 30.3 Å². The number of nitrogens with one attached hydrogen (secondary N) is 1. The van der Waals surface area contributed by atoms with Crippen molar-refractivity contribution in [1.82, 2.24) is 5.32 Å². The number of carboxylic acids is 1. The summed E-state index contributed by atoms with van der Waals surface area (Å²) in [5.41, 5.74) is -2.06. The second-order valence-electron chi connectivity index (χ2n) is 10.4. The average molecular weight is 415 g/mol. The molecule has 6 nitrogen and oxygen atoms in total. The van der Waals surface area contributed by atoms with E-state index in [0.29, 0.717) is 31.2 Å². The summed E-state index contributed by atoms with van der Waals surface area (Å²) in [6.07, 6.45) is 5.68. The van der Waals surface area contributed by atoms with E-state index in [9.17, 15) is 20.0 Å². The van der Waals surface area contributed by atoms with Gasteiger partial charge in [0.05, 0.1) is 11.5 Å². The van der Waals surface area contributed by atoms with Crippen LogP contribution in [0.3, 0.4) is 0 Å². The molecule has 0 aromatic carbocycles. The summed E-state index contributed by atoms with van der Waals surface area (Å²) in [4.78, 5) is 25.5. The highest BCUT2D eigenvalue weighted by atomic mass is 16.5. The van der Waals surface area contributed by atoms with Gasteiger partial charge in [0.1, 0.15) is 12.0 Å². The molecule has 2 N–H and O–H groups in total. The number of allylic oxidation sites excluding steroid dienone is 1. The summed E-state index contributed by atoms with van der Waals surface area (Å²) in [6.45, 7) is 8.84. The highest BCUT2D eigenvalue weighted by molar-refractivity contribution is 5.85. The normalized spacial score (nSPS) is 43.1. The predicted molar refractivity (Wildman–Crippen MR) is 111 cm³/mol. The van der Waals surface area contributed by atoms with E-state index in [1.165, 1.54) is 0 Å². The molecule has 3 fully saturated rings. The maximum absolute atomic E-state index is 13.2. The zero-order chi connectivity index (χ0) is 21.9. The van der Waals surface area contributed by atoms with Crippen molar-refractivity contribution >= 4 is 12.1 Å². The molecule has 164 valence electrons. The summed E-state index contributed by atoms with van der Waals surface area (Å²) in [5.74, 6) is -0.0422. The van der Waals surface area contributed by atoms with E-state index in [-0.39, 0.29) is 24.4 Å². The summed E-state index contributed by atoms with van der Waals surface area (Å²) in [5, 5.41) is 24.1. The number of amides is 1. The SMILES string of the molecule is CCCNC(=O)OCC12CC3C(C)CCC3C3(C#N)CC1C=C(C(C)C)C32C(=O)O. The standard InChI is InChI=1S/C24H34N2O4/c1-5-8-26-21(29)30-13-23-11-17-15(4)6-7-18(17)22(12-25)10-16(23)9-19(14(2)3)24(22,23)20(27)28/h9,14-18H,5-8,10-11,13H2,1-4H3,(H,26,29)(H,27,28). The van der Waals surface area contributed by atoms with Gasteiger partial charge in [-0.1, -0.05) is 45.8 Å². The number of carboxylic acid groups (broad SMARTS) is 1. The first-order valence-electron chi connectivity index (χ1n) is 11.5. The average Bonchev–Trinajstić information content (AvgIpc) is 3.28. The minimum Gasteiger partial charge on any atom is -0.481 e. The highest BCUT2D eigenvalue weighted by Crippen LogP contribution is 2.83. The fourth-order valence-corrected chi connectivity index (χ4v) is 8.01. The maximum Gasteiger partial charge on any atom is 0.407 e. The number of nitrogens with zero attached hydrogens (tertiary/aromatic N) is 1. The number of nitriles is 1. The molecule has 7 unspecified atom stereocenters. The van der Waals surface area contributed by atoms with Gasteiger partial charge in [0.2, 0.25) is 0 Å². The molecule has 3 saturated carbocycles. The van der Waals surface area contributed by atoms with Crippen molar-refractivity contribution < 1.29 is 19.4 Å². The second-order valence-corrected chi connectivity index (χ2v) is 10.4. The van der Waals surface area contributed by atoms with Gasteiger partial charge in [0, 0.05) is 12.0 Å². The Labute approximate surface area is 179 Å². The van der Waals surface area contributed by atoms with Crippen LogP contribution >= 0.6 is 0 Å². The third-order valence-electron chi connectivity index (χ3n) is 9.02. The number of hydrogen-bond donors (Lipinski definition) is 2. The summed E-state index contributed by atoms with van der Waals surface area (Å²) < 4.78 is 5.71. The van der Waals surface area contributed by atoms with E-state index < -0.39 is 28.3 Å². The fraction of sp³-hybridized carbons (Fsp3) is 0.792. The Kier molecular flexibility index (Phi) is 4.95. The number of aliphatic carboxylic acids is 1. The van der Waals surface area contributed by atoms with Gasteiger partial charge in [0.15, 0.2) is 0 Å². The molecule has 4 bridgehead atoms. The summed E-state index contributed by atoms with van der Waals surface area (Å²) >= 11 is 0. The molecule has 1 amide bonds. The van der Waals surface area contributed by atoms with Gasteiger partial charge >= 0.3 is 12.1 Å². The van der Waals surface area contributed by atoms with Crippen molar-refractivity contribution in [2.75, 3.05) is 13.2 Å². The molecule has 0 spiro atoms. The third-order valence-corrected chi connectivity index (χ3v) is 9.02. The van der Waals surface area contributed by atoms with Crippen LogP contribution in [0.25, 0.3) is 0 Å². The van der Waals surface area contributed by atoms with E-state index in [4.69, 9.17) is 4.74 Å². The molecular formula is C24H34N2O4. The van der Waals surface area contributed by atoms with Gasteiger partial charge in [0.25, 0.3) is 0 Å². The predicted octanol–water partition coefficient (Wildman–Crippen LogP) is 4.37. The molecule has 4 aliphatic carbocycles. The van der Waals surface area contributed by atoms with Crippen LogP contribution in [0.4, 0.5) is 4.79 Å². The Bertz CT molecular complexity index is 830. The zero-order valence-electron chi connectivity index (χ0n) is 18.5. The van der Waals surface area contributed by atoms with Crippen LogP contribution in [0.1, 0.15) is 59.8 Å². The minimum absolute atomic E-state index is 0.0304. The first kappa shape index (κ1) is 21.2. The van der Waals surface area contributed by atoms with Crippen molar-refractivity contribution in [1.29, 1.82) is 5.26 Å². The molecule has 4 rings (SSSR count). The van der Waals surface area contributed by atoms with E-state index in [1.807, 2.05) is 20.8 Å². The molecule has 6 heteroatoms. The summed E-state index contributed by atoms with van der Waals surface area (Å²) in [7, 11) is 0. The van der Waals surface area contributed by atoms with Crippen molar-refractivity contribution in [2.24, 2.45) is 45.8 Å². The van der Waals surface area contributed by atoms with Gasteiger partial charge in [-0.25, -0.2) is 4.79 Å². The number of carbonyl (C=O) groups excluding carboxylic acids is 1. The van der Waals surface area contributed by atoms with E-state index in [2.05, 4.69) is 24.4 Å². The van der Waals surface area contributed by atoms with Crippen LogP contribution in [-0.2, 0) is 9.53 Å². The second kappa shape index (κ2) is 7.00. The Morgan fingerprint density at radius 1 is 1.37 bits per heavy atom. The Balaban J connectivity index is 1.84. The lowest BCUT2D eigenvalue weighted by atomic mass is 9.43. The molecule has 4 aliphatic rings.